The number of nitrogens with one attached hydrogen (secondary N) is 2. The van der Waals surface area contributed by atoms with Crippen LogP contribution in [0.25, 0.3) is 11.1 Å². The highest BCUT2D eigenvalue weighted by atomic mass is 16.5. The van der Waals surface area contributed by atoms with E-state index in [1.54, 1.807) is 6.20 Å². The summed E-state index contributed by atoms with van der Waals surface area (Å²) in [5, 5.41) is 6.13. The number of carbonyl (C=O) groups excluding carboxylic acids is 1. The quantitative estimate of drug-likeness (QED) is 0.896. The first kappa shape index (κ1) is 15.9. The lowest BCUT2D eigenvalue weighted by molar-refractivity contribution is -0.114. The Hall–Kier alpha value is -2.60. The van der Waals surface area contributed by atoms with Crippen LogP contribution in [-0.4, -0.2) is 29.6 Å². The van der Waals surface area contributed by atoms with Crippen molar-refractivity contribution < 1.29 is 14.3 Å². The van der Waals surface area contributed by atoms with Gasteiger partial charge in [0.2, 0.25) is 5.91 Å². The predicted octanol–water partition coefficient (Wildman–Crippen LogP) is 2.73. The molecule has 2 aliphatic rings. The molecule has 6 nitrogen and oxygen atoms in total. The number of anilines is 1. The first-order valence-corrected chi connectivity index (χ1v) is 8.51. The molecule has 1 saturated heterocycles. The van der Waals surface area contributed by atoms with Gasteiger partial charge in [0.15, 0.2) is 0 Å². The Kier molecular flexibility index (Phi) is 4.05. The number of pyridine rings is 1. The number of benzene rings is 1. The third kappa shape index (κ3) is 3.30. The van der Waals surface area contributed by atoms with E-state index in [4.69, 9.17) is 9.47 Å². The van der Waals surface area contributed by atoms with Crippen LogP contribution in [0.5, 0.6) is 11.5 Å². The van der Waals surface area contributed by atoms with Crippen molar-refractivity contribution in [2.75, 3.05) is 11.9 Å². The van der Waals surface area contributed by atoms with Crippen molar-refractivity contribution in [2.45, 2.75) is 39.0 Å². The summed E-state index contributed by atoms with van der Waals surface area (Å²) in [7, 11) is 0. The minimum absolute atomic E-state index is 0.146. The molecule has 25 heavy (non-hydrogen) atoms. The molecule has 130 valence electrons. The summed E-state index contributed by atoms with van der Waals surface area (Å²) in [5.74, 6) is 1.95. The zero-order valence-corrected chi connectivity index (χ0v) is 14.3. The smallest absolute Gasteiger partial charge is 0.222 e. The van der Waals surface area contributed by atoms with Gasteiger partial charge >= 0.3 is 0 Å². The maximum absolute atomic E-state index is 11.2. The Balaban J connectivity index is 1.54. The summed E-state index contributed by atoms with van der Waals surface area (Å²) in [5.41, 5.74) is 3.08. The van der Waals surface area contributed by atoms with Gasteiger partial charge < -0.3 is 20.1 Å². The topological polar surface area (TPSA) is 72.5 Å². The third-order valence-electron chi connectivity index (χ3n) is 4.53. The summed E-state index contributed by atoms with van der Waals surface area (Å²) in [6, 6.07) is 8.92. The Labute approximate surface area is 146 Å². The molecule has 6 heteroatoms. The minimum atomic E-state index is -0.146. The maximum Gasteiger partial charge on any atom is 0.222 e. The minimum Gasteiger partial charge on any atom is -0.492 e. The monoisotopic (exact) mass is 339 g/mol. The molecule has 2 N–H and O–H groups in total. The van der Waals surface area contributed by atoms with Gasteiger partial charge in [0.1, 0.15) is 30.5 Å². The van der Waals surface area contributed by atoms with E-state index in [1.165, 1.54) is 6.92 Å². The number of hydrogen-bond donors (Lipinski definition) is 2. The van der Waals surface area contributed by atoms with Crippen LogP contribution in [0.1, 0.15) is 25.8 Å². The molecular formula is C19H21N3O3. The van der Waals surface area contributed by atoms with Gasteiger partial charge in [0.25, 0.3) is 0 Å². The van der Waals surface area contributed by atoms with E-state index in [0.29, 0.717) is 31.1 Å². The summed E-state index contributed by atoms with van der Waals surface area (Å²) in [4.78, 5) is 15.4. The Bertz CT molecular complexity index is 816. The number of hydrogen-bond acceptors (Lipinski definition) is 5. The Morgan fingerprint density at radius 1 is 1.40 bits per heavy atom. The van der Waals surface area contributed by atoms with Crippen molar-refractivity contribution in [3.8, 4) is 22.6 Å². The van der Waals surface area contributed by atoms with Crippen molar-refractivity contribution in [1.29, 1.82) is 0 Å². The van der Waals surface area contributed by atoms with Crippen LogP contribution in [0.3, 0.4) is 0 Å². The lowest BCUT2D eigenvalue weighted by Gasteiger charge is -2.34. The highest BCUT2D eigenvalue weighted by Gasteiger charge is 2.25. The SMILES string of the molecule is CC(=O)Nc1cc2c(cn1)OCc1cc(OCC3CC(C)N3)ccc1-2. The molecule has 1 aromatic carbocycles. The average molecular weight is 339 g/mol. The third-order valence-corrected chi connectivity index (χ3v) is 4.53. The van der Waals surface area contributed by atoms with E-state index in [-0.39, 0.29) is 5.91 Å². The van der Waals surface area contributed by atoms with Crippen LogP contribution in [0.2, 0.25) is 0 Å². The lowest BCUT2D eigenvalue weighted by atomic mass is 9.97. The van der Waals surface area contributed by atoms with Crippen molar-refractivity contribution in [3.05, 3.63) is 36.0 Å². The second kappa shape index (κ2) is 6.37. The van der Waals surface area contributed by atoms with Crippen LogP contribution in [-0.2, 0) is 11.4 Å². The molecular weight excluding hydrogens is 318 g/mol. The van der Waals surface area contributed by atoms with Gasteiger partial charge in [-0.1, -0.05) is 6.07 Å². The molecule has 2 atom stereocenters. The molecule has 1 fully saturated rings. The molecule has 1 amide bonds. The molecule has 4 rings (SSSR count). The fourth-order valence-corrected chi connectivity index (χ4v) is 3.33. The highest BCUT2D eigenvalue weighted by Crippen LogP contribution is 2.39. The van der Waals surface area contributed by atoms with Gasteiger partial charge in [-0.05, 0) is 37.1 Å². The molecule has 1 aromatic heterocycles. The van der Waals surface area contributed by atoms with E-state index < -0.39 is 0 Å². The van der Waals surface area contributed by atoms with Crippen molar-refractivity contribution in [1.82, 2.24) is 10.3 Å². The van der Waals surface area contributed by atoms with E-state index in [2.05, 4.69) is 22.5 Å². The summed E-state index contributed by atoms with van der Waals surface area (Å²) in [6.07, 6.45) is 2.80. The molecule has 0 radical (unpaired) electrons. The number of amides is 1. The molecule has 0 spiro atoms. The zero-order chi connectivity index (χ0) is 17.4. The number of nitrogens with zero attached hydrogens (tertiary/aromatic N) is 1. The Morgan fingerprint density at radius 2 is 2.24 bits per heavy atom. The number of rotatable bonds is 4. The van der Waals surface area contributed by atoms with Crippen molar-refractivity contribution in [2.24, 2.45) is 0 Å². The highest BCUT2D eigenvalue weighted by molar-refractivity contribution is 5.89. The van der Waals surface area contributed by atoms with Gasteiger partial charge in [-0.2, -0.15) is 0 Å². The van der Waals surface area contributed by atoms with E-state index in [0.717, 1.165) is 34.6 Å². The molecule has 2 unspecified atom stereocenters. The van der Waals surface area contributed by atoms with Gasteiger partial charge in [0.05, 0.1) is 6.20 Å². The molecule has 0 bridgehead atoms. The van der Waals surface area contributed by atoms with Gasteiger partial charge in [-0.25, -0.2) is 4.98 Å². The molecule has 2 aromatic rings. The fourth-order valence-electron chi connectivity index (χ4n) is 3.33. The zero-order valence-electron chi connectivity index (χ0n) is 14.3. The largest absolute Gasteiger partial charge is 0.492 e. The average Bonchev–Trinajstić information content (AvgIpc) is 2.56. The fraction of sp³-hybridized carbons (Fsp3) is 0.368. The van der Waals surface area contributed by atoms with Crippen LogP contribution in [0.4, 0.5) is 5.82 Å². The summed E-state index contributed by atoms with van der Waals surface area (Å²) < 4.78 is 11.7. The standard InChI is InChI=1S/C19H21N3O3/c1-11-5-14(21-11)10-24-15-3-4-16-13(6-15)9-25-18-8-20-19(7-17(16)18)22-12(2)23/h3-4,6-8,11,14,21H,5,9-10H2,1-2H3,(H,20,22,23). The predicted molar refractivity (Wildman–Crippen MR) is 94.8 cm³/mol. The maximum atomic E-state index is 11.2. The van der Waals surface area contributed by atoms with Gasteiger partial charge in [-0.3, -0.25) is 4.79 Å². The number of aromatic nitrogens is 1. The van der Waals surface area contributed by atoms with Gasteiger partial charge in [-0.15, -0.1) is 0 Å². The lowest BCUT2D eigenvalue weighted by Crippen LogP contribution is -2.53. The van der Waals surface area contributed by atoms with Crippen LogP contribution in [0, 0.1) is 0 Å². The van der Waals surface area contributed by atoms with Crippen LogP contribution < -0.4 is 20.1 Å². The summed E-state index contributed by atoms with van der Waals surface area (Å²) in [6.45, 7) is 4.80. The van der Waals surface area contributed by atoms with Crippen LogP contribution in [0.15, 0.2) is 30.5 Å². The summed E-state index contributed by atoms with van der Waals surface area (Å²) >= 11 is 0. The molecule has 0 aliphatic carbocycles. The van der Waals surface area contributed by atoms with Gasteiger partial charge in [0, 0.05) is 30.1 Å². The normalized spacial score (nSPS) is 20.6. The van der Waals surface area contributed by atoms with E-state index in [9.17, 15) is 4.79 Å². The number of ether oxygens (including phenoxy) is 2. The first-order valence-electron chi connectivity index (χ1n) is 8.51. The van der Waals surface area contributed by atoms with Crippen LogP contribution >= 0.6 is 0 Å². The van der Waals surface area contributed by atoms with E-state index in [1.807, 2.05) is 24.3 Å². The number of fused-ring (bicyclic) bond motifs is 3. The van der Waals surface area contributed by atoms with Crippen molar-refractivity contribution in [3.63, 3.8) is 0 Å². The van der Waals surface area contributed by atoms with E-state index >= 15 is 0 Å². The first-order chi connectivity index (χ1) is 12.1. The number of carbonyl (C=O) groups is 1. The Morgan fingerprint density at radius 3 is 3.00 bits per heavy atom. The molecule has 0 saturated carbocycles. The molecule has 2 aliphatic heterocycles. The second-order valence-electron chi connectivity index (χ2n) is 6.67. The van der Waals surface area contributed by atoms with Crippen molar-refractivity contribution >= 4 is 11.7 Å². The second-order valence-corrected chi connectivity index (χ2v) is 6.67. The molecule has 3 heterocycles.